The molecule has 2 rings (SSSR count). The number of hydrogen-bond donors (Lipinski definition) is 2. The molecule has 1 heterocycles. The number of nitrogens with zero attached hydrogens (tertiary/aromatic N) is 1. The molecule has 1 aliphatic heterocycles. The molecule has 1 aliphatic rings. The summed E-state index contributed by atoms with van der Waals surface area (Å²) in [5.74, 6) is -0.00454. The molecule has 0 saturated carbocycles. The van der Waals surface area contributed by atoms with Crippen LogP contribution in [0.15, 0.2) is 24.3 Å². The molecule has 17 heavy (non-hydrogen) atoms. The number of phenolic OH excluding ortho intramolecular Hbond substituents is 1. The average Bonchev–Trinajstić information content (AvgIpc) is 2.68. The second-order valence-electron chi connectivity index (χ2n) is 4.07. The topological polar surface area (TPSA) is 69.6 Å². The minimum Gasteiger partial charge on any atom is -0.508 e. The molecule has 2 N–H and O–H groups in total. The van der Waals surface area contributed by atoms with Crippen LogP contribution < -0.4 is 10.2 Å². The molecule has 0 aromatic heterocycles. The van der Waals surface area contributed by atoms with Gasteiger partial charge in [0, 0.05) is 25.6 Å². The normalized spacial score (nSPS) is 18.9. The zero-order valence-corrected chi connectivity index (χ0v) is 9.51. The third kappa shape index (κ3) is 2.38. The number of phenols is 1. The molecule has 90 valence electrons. The monoisotopic (exact) mass is 234 g/mol. The SMILES string of the molecule is CC(=O)N(c1ccc(O)cc1)C1CNC(=O)C1. The van der Waals surface area contributed by atoms with Crippen LogP contribution in [0, 0.1) is 0 Å². The van der Waals surface area contributed by atoms with Crippen molar-refractivity contribution in [3.05, 3.63) is 24.3 Å². The first kappa shape index (κ1) is 11.4. The van der Waals surface area contributed by atoms with Gasteiger partial charge in [-0.15, -0.1) is 0 Å². The Morgan fingerprint density at radius 1 is 1.41 bits per heavy atom. The van der Waals surface area contributed by atoms with E-state index < -0.39 is 0 Å². The second-order valence-corrected chi connectivity index (χ2v) is 4.07. The summed E-state index contributed by atoms with van der Waals surface area (Å²) in [7, 11) is 0. The lowest BCUT2D eigenvalue weighted by atomic mass is 10.1. The van der Waals surface area contributed by atoms with Crippen molar-refractivity contribution in [2.45, 2.75) is 19.4 Å². The lowest BCUT2D eigenvalue weighted by molar-refractivity contribution is -0.119. The number of carbonyl (C=O) groups excluding carboxylic acids is 2. The maximum absolute atomic E-state index is 11.6. The van der Waals surface area contributed by atoms with Crippen LogP contribution in [0.3, 0.4) is 0 Å². The van der Waals surface area contributed by atoms with E-state index >= 15 is 0 Å². The van der Waals surface area contributed by atoms with Crippen LogP contribution in [-0.2, 0) is 9.59 Å². The van der Waals surface area contributed by atoms with Gasteiger partial charge in [-0.1, -0.05) is 0 Å². The van der Waals surface area contributed by atoms with Crippen molar-refractivity contribution in [3.8, 4) is 5.75 Å². The second kappa shape index (κ2) is 4.45. The van der Waals surface area contributed by atoms with Crippen LogP contribution in [-0.4, -0.2) is 29.5 Å². The van der Waals surface area contributed by atoms with E-state index in [1.165, 1.54) is 19.1 Å². The van der Waals surface area contributed by atoms with Crippen LogP contribution in [0.1, 0.15) is 13.3 Å². The summed E-state index contributed by atoms with van der Waals surface area (Å²) in [4.78, 5) is 24.4. The van der Waals surface area contributed by atoms with Gasteiger partial charge in [-0.2, -0.15) is 0 Å². The summed E-state index contributed by atoms with van der Waals surface area (Å²) in [6.07, 6.45) is 0.320. The summed E-state index contributed by atoms with van der Waals surface area (Å²) >= 11 is 0. The van der Waals surface area contributed by atoms with E-state index in [1.807, 2.05) is 0 Å². The van der Waals surface area contributed by atoms with E-state index in [0.717, 1.165) is 0 Å². The van der Waals surface area contributed by atoms with E-state index in [1.54, 1.807) is 17.0 Å². The summed E-state index contributed by atoms with van der Waals surface area (Å²) in [6.45, 7) is 1.94. The largest absolute Gasteiger partial charge is 0.508 e. The van der Waals surface area contributed by atoms with Gasteiger partial charge in [-0.3, -0.25) is 9.59 Å². The highest BCUT2D eigenvalue weighted by Crippen LogP contribution is 2.23. The van der Waals surface area contributed by atoms with Gasteiger partial charge in [0.2, 0.25) is 11.8 Å². The molecule has 1 fully saturated rings. The first-order valence-corrected chi connectivity index (χ1v) is 5.43. The van der Waals surface area contributed by atoms with Crippen molar-refractivity contribution >= 4 is 17.5 Å². The quantitative estimate of drug-likeness (QED) is 0.788. The minimum atomic E-state index is -0.149. The Kier molecular flexibility index (Phi) is 2.99. The van der Waals surface area contributed by atoms with Crippen LogP contribution in [0.2, 0.25) is 0 Å². The first-order chi connectivity index (χ1) is 8.08. The molecule has 0 spiro atoms. The maximum Gasteiger partial charge on any atom is 0.224 e. The molecular formula is C12H14N2O3. The predicted octanol–water partition coefficient (Wildman–Crippen LogP) is 0.634. The smallest absolute Gasteiger partial charge is 0.224 e. The summed E-state index contributed by atoms with van der Waals surface area (Å²) in [6, 6.07) is 6.23. The molecule has 5 heteroatoms. The Balaban J connectivity index is 2.26. The fraction of sp³-hybridized carbons (Fsp3) is 0.333. The highest BCUT2D eigenvalue weighted by molar-refractivity contribution is 5.94. The van der Waals surface area contributed by atoms with Gasteiger partial charge in [0.25, 0.3) is 0 Å². The molecule has 1 atom stereocenters. The Morgan fingerprint density at radius 2 is 2.06 bits per heavy atom. The lowest BCUT2D eigenvalue weighted by Gasteiger charge is -2.26. The van der Waals surface area contributed by atoms with Crippen molar-refractivity contribution < 1.29 is 14.7 Å². The van der Waals surface area contributed by atoms with E-state index in [9.17, 15) is 14.7 Å². The number of hydrogen-bond acceptors (Lipinski definition) is 3. The van der Waals surface area contributed by atoms with Gasteiger partial charge < -0.3 is 15.3 Å². The highest BCUT2D eigenvalue weighted by Gasteiger charge is 2.29. The molecule has 1 aromatic rings. The van der Waals surface area contributed by atoms with Crippen LogP contribution in [0.5, 0.6) is 5.75 Å². The third-order valence-electron chi connectivity index (χ3n) is 2.79. The average molecular weight is 234 g/mol. The van der Waals surface area contributed by atoms with Gasteiger partial charge in [0.1, 0.15) is 5.75 Å². The van der Waals surface area contributed by atoms with Crippen LogP contribution in [0.4, 0.5) is 5.69 Å². The number of aromatic hydroxyl groups is 1. The van der Waals surface area contributed by atoms with Crippen molar-refractivity contribution in [1.82, 2.24) is 5.32 Å². The van der Waals surface area contributed by atoms with Crippen molar-refractivity contribution in [2.24, 2.45) is 0 Å². The molecule has 1 aromatic carbocycles. The van der Waals surface area contributed by atoms with E-state index in [2.05, 4.69) is 5.32 Å². The molecule has 1 unspecified atom stereocenters. The van der Waals surface area contributed by atoms with Gasteiger partial charge >= 0.3 is 0 Å². The van der Waals surface area contributed by atoms with Crippen molar-refractivity contribution in [3.63, 3.8) is 0 Å². The Hall–Kier alpha value is -2.04. The molecule has 0 aliphatic carbocycles. The number of benzene rings is 1. The van der Waals surface area contributed by atoms with Gasteiger partial charge in [-0.05, 0) is 24.3 Å². The fourth-order valence-corrected chi connectivity index (χ4v) is 2.04. The standard InChI is InChI=1S/C12H14N2O3/c1-8(15)14(10-6-12(17)13-7-10)9-2-4-11(16)5-3-9/h2-5,10,16H,6-7H2,1H3,(H,13,17). The number of carbonyl (C=O) groups is 2. The third-order valence-corrected chi connectivity index (χ3v) is 2.79. The van der Waals surface area contributed by atoms with Gasteiger partial charge in [-0.25, -0.2) is 0 Å². The molecule has 5 nitrogen and oxygen atoms in total. The minimum absolute atomic E-state index is 0.0416. The van der Waals surface area contributed by atoms with Crippen LogP contribution in [0.25, 0.3) is 0 Å². The molecular weight excluding hydrogens is 220 g/mol. The number of anilines is 1. The zero-order valence-electron chi connectivity index (χ0n) is 9.51. The zero-order chi connectivity index (χ0) is 12.4. The summed E-state index contributed by atoms with van der Waals surface area (Å²) in [5, 5.41) is 11.9. The fourth-order valence-electron chi connectivity index (χ4n) is 2.04. The molecule has 1 saturated heterocycles. The number of amides is 2. The summed E-state index contributed by atoms with van der Waals surface area (Å²) < 4.78 is 0. The Bertz CT molecular complexity index is 442. The Labute approximate surface area is 99.0 Å². The predicted molar refractivity (Wildman–Crippen MR) is 62.7 cm³/mol. The van der Waals surface area contributed by atoms with Gasteiger partial charge in [0.05, 0.1) is 6.04 Å². The summed E-state index contributed by atoms with van der Waals surface area (Å²) in [5.41, 5.74) is 0.691. The Morgan fingerprint density at radius 3 is 2.53 bits per heavy atom. The van der Waals surface area contributed by atoms with Gasteiger partial charge in [0.15, 0.2) is 0 Å². The van der Waals surface area contributed by atoms with E-state index in [-0.39, 0.29) is 23.6 Å². The number of nitrogens with one attached hydrogen (secondary N) is 1. The highest BCUT2D eigenvalue weighted by atomic mass is 16.3. The van der Waals surface area contributed by atoms with E-state index in [4.69, 9.17) is 0 Å². The van der Waals surface area contributed by atoms with Crippen molar-refractivity contribution in [2.75, 3.05) is 11.4 Å². The van der Waals surface area contributed by atoms with E-state index in [0.29, 0.717) is 18.7 Å². The van der Waals surface area contributed by atoms with Crippen molar-refractivity contribution in [1.29, 1.82) is 0 Å². The molecule has 2 amide bonds. The molecule has 0 radical (unpaired) electrons. The van der Waals surface area contributed by atoms with Crippen LogP contribution >= 0.6 is 0 Å². The lowest BCUT2D eigenvalue weighted by Crippen LogP contribution is -2.40. The molecule has 0 bridgehead atoms. The first-order valence-electron chi connectivity index (χ1n) is 5.43. The number of rotatable bonds is 2. The maximum atomic E-state index is 11.6.